The summed E-state index contributed by atoms with van der Waals surface area (Å²) in [5, 5.41) is 13.6. The maximum atomic E-state index is 10.4. The van der Waals surface area contributed by atoms with Crippen molar-refractivity contribution in [2.24, 2.45) is 0 Å². The molecular formula is C14H12N2OS. The van der Waals surface area contributed by atoms with Gasteiger partial charge in [0, 0.05) is 16.5 Å². The summed E-state index contributed by atoms with van der Waals surface area (Å²) >= 11 is 1.64. The van der Waals surface area contributed by atoms with Gasteiger partial charge < -0.3 is 5.11 Å². The van der Waals surface area contributed by atoms with Crippen LogP contribution in [0.3, 0.4) is 0 Å². The van der Waals surface area contributed by atoms with Gasteiger partial charge in [0.1, 0.15) is 11.9 Å². The van der Waals surface area contributed by atoms with E-state index >= 15 is 0 Å². The molecule has 0 bridgehead atoms. The molecule has 0 spiro atoms. The number of aryl methyl sites for hydroxylation is 1. The van der Waals surface area contributed by atoms with Gasteiger partial charge >= 0.3 is 0 Å². The fourth-order valence-electron chi connectivity index (χ4n) is 2.02. The number of hydrogen-bond acceptors (Lipinski definition) is 4. The highest BCUT2D eigenvalue weighted by Gasteiger charge is 2.15. The molecule has 3 aromatic rings. The minimum absolute atomic E-state index is 0.642. The largest absolute Gasteiger partial charge is 0.382 e. The topological polar surface area (TPSA) is 46.0 Å². The molecule has 0 aliphatic carbocycles. The number of thiophene rings is 1. The zero-order valence-corrected chi connectivity index (χ0v) is 10.7. The van der Waals surface area contributed by atoms with E-state index in [1.54, 1.807) is 23.6 Å². The van der Waals surface area contributed by atoms with Gasteiger partial charge in [0.15, 0.2) is 0 Å². The van der Waals surface area contributed by atoms with Crippen LogP contribution in [-0.2, 0) is 0 Å². The van der Waals surface area contributed by atoms with Crippen molar-refractivity contribution >= 4 is 21.4 Å². The molecule has 2 heterocycles. The summed E-state index contributed by atoms with van der Waals surface area (Å²) in [6.45, 7) is 1.82. The Labute approximate surface area is 109 Å². The number of benzene rings is 1. The van der Waals surface area contributed by atoms with Gasteiger partial charge in [-0.1, -0.05) is 18.2 Å². The monoisotopic (exact) mass is 256 g/mol. The third-order valence-corrected chi connectivity index (χ3v) is 3.86. The third-order valence-electron chi connectivity index (χ3n) is 2.88. The molecule has 1 unspecified atom stereocenters. The minimum atomic E-state index is -0.700. The Morgan fingerprint density at radius 3 is 2.94 bits per heavy atom. The molecule has 0 aliphatic rings. The number of aliphatic hydroxyl groups is 1. The number of aliphatic hydroxyl groups excluding tert-OH is 1. The molecule has 0 saturated heterocycles. The zero-order chi connectivity index (χ0) is 12.5. The summed E-state index contributed by atoms with van der Waals surface area (Å²) in [7, 11) is 0. The Kier molecular flexibility index (Phi) is 2.81. The van der Waals surface area contributed by atoms with Crippen LogP contribution in [0.5, 0.6) is 0 Å². The second kappa shape index (κ2) is 4.48. The lowest BCUT2D eigenvalue weighted by atomic mass is 10.0. The van der Waals surface area contributed by atoms with Crippen molar-refractivity contribution in [3.8, 4) is 0 Å². The summed E-state index contributed by atoms with van der Waals surface area (Å²) in [4.78, 5) is 8.33. The summed E-state index contributed by atoms with van der Waals surface area (Å²) in [6.07, 6.45) is 0.976. The Balaban J connectivity index is 2.12. The smallest absolute Gasteiger partial charge is 0.125 e. The van der Waals surface area contributed by atoms with Crippen LogP contribution in [0.2, 0.25) is 0 Å². The van der Waals surface area contributed by atoms with Gasteiger partial charge in [0.05, 0.1) is 5.69 Å². The maximum Gasteiger partial charge on any atom is 0.125 e. The van der Waals surface area contributed by atoms with E-state index < -0.39 is 6.10 Å². The average Bonchev–Trinajstić information content (AvgIpc) is 2.86. The summed E-state index contributed by atoms with van der Waals surface area (Å²) in [5.41, 5.74) is 1.55. The molecule has 1 aromatic carbocycles. The molecule has 3 nitrogen and oxygen atoms in total. The molecule has 18 heavy (non-hydrogen) atoms. The van der Waals surface area contributed by atoms with Gasteiger partial charge in [-0.25, -0.2) is 9.97 Å². The molecule has 0 aliphatic heterocycles. The van der Waals surface area contributed by atoms with Gasteiger partial charge in [-0.05, 0) is 29.8 Å². The molecule has 0 amide bonds. The summed E-state index contributed by atoms with van der Waals surface area (Å²) in [5.74, 6) is 0.671. The van der Waals surface area contributed by atoms with E-state index in [0.29, 0.717) is 11.5 Å². The van der Waals surface area contributed by atoms with E-state index in [-0.39, 0.29) is 0 Å². The lowest BCUT2D eigenvalue weighted by Crippen LogP contribution is -2.04. The predicted octanol–water partition coefficient (Wildman–Crippen LogP) is 3.08. The van der Waals surface area contributed by atoms with Crippen LogP contribution in [0.1, 0.15) is 23.2 Å². The van der Waals surface area contributed by atoms with Crippen molar-refractivity contribution in [1.82, 2.24) is 9.97 Å². The molecular weight excluding hydrogens is 244 g/mol. The second-order valence-electron chi connectivity index (χ2n) is 4.12. The fraction of sp³-hybridized carbons (Fsp3) is 0.143. The third kappa shape index (κ3) is 1.89. The first-order chi connectivity index (χ1) is 8.75. The lowest BCUT2D eigenvalue weighted by Gasteiger charge is -2.11. The van der Waals surface area contributed by atoms with Crippen LogP contribution in [0.4, 0.5) is 0 Å². The van der Waals surface area contributed by atoms with E-state index in [0.717, 1.165) is 15.6 Å². The number of rotatable bonds is 2. The second-order valence-corrected chi connectivity index (χ2v) is 5.03. The molecule has 3 rings (SSSR count). The molecule has 1 N–H and O–H groups in total. The Morgan fingerprint density at radius 1 is 1.22 bits per heavy atom. The number of nitrogens with zero attached hydrogens (tertiary/aromatic N) is 2. The Morgan fingerprint density at radius 2 is 2.11 bits per heavy atom. The van der Waals surface area contributed by atoms with E-state index in [1.165, 1.54) is 0 Å². The first-order valence-corrected chi connectivity index (χ1v) is 6.57. The van der Waals surface area contributed by atoms with Crippen LogP contribution < -0.4 is 0 Å². The van der Waals surface area contributed by atoms with Crippen LogP contribution in [0.25, 0.3) is 10.1 Å². The van der Waals surface area contributed by atoms with Crippen molar-refractivity contribution in [1.29, 1.82) is 0 Å². The van der Waals surface area contributed by atoms with Gasteiger partial charge in [-0.3, -0.25) is 0 Å². The standard InChI is InChI=1S/C14H12N2OS/c1-9-15-7-5-12(16-9)13(17)11-4-2-3-10-6-8-18-14(10)11/h2-8,13,17H,1H3. The quantitative estimate of drug-likeness (QED) is 0.766. The minimum Gasteiger partial charge on any atom is -0.382 e. The van der Waals surface area contributed by atoms with Crippen LogP contribution >= 0.6 is 11.3 Å². The molecule has 2 aromatic heterocycles. The van der Waals surface area contributed by atoms with Crippen molar-refractivity contribution in [2.75, 3.05) is 0 Å². The summed E-state index contributed by atoms with van der Waals surface area (Å²) < 4.78 is 1.11. The zero-order valence-electron chi connectivity index (χ0n) is 9.87. The van der Waals surface area contributed by atoms with Gasteiger partial charge in [-0.2, -0.15) is 0 Å². The van der Waals surface area contributed by atoms with Crippen LogP contribution in [-0.4, -0.2) is 15.1 Å². The molecule has 4 heteroatoms. The molecule has 0 saturated carbocycles. The lowest BCUT2D eigenvalue weighted by molar-refractivity contribution is 0.216. The highest BCUT2D eigenvalue weighted by atomic mass is 32.1. The molecule has 0 fully saturated rings. The number of hydrogen-bond donors (Lipinski definition) is 1. The SMILES string of the molecule is Cc1nccc(C(O)c2cccc3ccsc23)n1. The van der Waals surface area contributed by atoms with E-state index in [1.807, 2.05) is 30.5 Å². The van der Waals surface area contributed by atoms with Crippen molar-refractivity contribution < 1.29 is 5.11 Å². The molecule has 1 atom stereocenters. The van der Waals surface area contributed by atoms with Gasteiger partial charge in [0.2, 0.25) is 0 Å². The number of aromatic nitrogens is 2. The van der Waals surface area contributed by atoms with E-state index in [9.17, 15) is 5.11 Å². The molecule has 90 valence electrons. The first-order valence-electron chi connectivity index (χ1n) is 5.69. The highest BCUT2D eigenvalue weighted by Crippen LogP contribution is 2.31. The van der Waals surface area contributed by atoms with Crippen LogP contribution in [0.15, 0.2) is 41.9 Å². The van der Waals surface area contributed by atoms with Crippen molar-refractivity contribution in [2.45, 2.75) is 13.0 Å². The van der Waals surface area contributed by atoms with Gasteiger partial charge in [-0.15, -0.1) is 11.3 Å². The van der Waals surface area contributed by atoms with Gasteiger partial charge in [0.25, 0.3) is 0 Å². The Bertz CT molecular complexity index is 693. The Hall–Kier alpha value is -1.78. The molecule has 0 radical (unpaired) electrons. The summed E-state index contributed by atoms with van der Waals surface area (Å²) in [6, 6.07) is 9.77. The predicted molar refractivity (Wildman–Crippen MR) is 72.7 cm³/mol. The van der Waals surface area contributed by atoms with Crippen LogP contribution in [0, 0.1) is 6.92 Å². The van der Waals surface area contributed by atoms with Crippen molar-refractivity contribution in [3.05, 3.63) is 59.0 Å². The average molecular weight is 256 g/mol. The maximum absolute atomic E-state index is 10.4. The van der Waals surface area contributed by atoms with Crippen molar-refractivity contribution in [3.63, 3.8) is 0 Å². The number of fused-ring (bicyclic) bond motifs is 1. The fourth-order valence-corrected chi connectivity index (χ4v) is 2.96. The van der Waals surface area contributed by atoms with E-state index in [2.05, 4.69) is 16.0 Å². The first kappa shape index (κ1) is 11.3. The van der Waals surface area contributed by atoms with E-state index in [4.69, 9.17) is 0 Å². The normalized spacial score (nSPS) is 12.8. The highest BCUT2D eigenvalue weighted by molar-refractivity contribution is 7.17.